The number of hydrogen-bond acceptors (Lipinski definition) is 4. The topological polar surface area (TPSA) is 38.7 Å². The first kappa shape index (κ1) is 33.6. The zero-order valence-electron chi connectivity index (χ0n) is 31.8. The summed E-state index contributed by atoms with van der Waals surface area (Å²) in [7, 11) is 0. The minimum Gasteiger partial charge on any atom is -0.247 e. The van der Waals surface area contributed by atoms with Gasteiger partial charge in [-0.25, -0.2) is 15.0 Å². The van der Waals surface area contributed by atoms with Crippen LogP contribution in [0.5, 0.6) is 0 Å². The van der Waals surface area contributed by atoms with Crippen LogP contribution in [0.15, 0.2) is 200 Å². The monoisotopic (exact) mass is 767 g/mol. The van der Waals surface area contributed by atoms with E-state index in [-0.39, 0.29) is 0 Å². The molecule has 0 atom stereocenters. The van der Waals surface area contributed by atoms with Crippen molar-refractivity contribution in [2.45, 2.75) is 0 Å². The molecular weight excluding hydrogens is 735 g/mol. The van der Waals surface area contributed by atoms with Gasteiger partial charge in [-0.15, -0.1) is 11.3 Å². The summed E-state index contributed by atoms with van der Waals surface area (Å²) in [6.07, 6.45) is 0. The van der Waals surface area contributed by atoms with E-state index in [2.05, 4.69) is 164 Å². The van der Waals surface area contributed by atoms with Crippen molar-refractivity contribution < 1.29 is 0 Å². The number of rotatable bonds is 5. The Labute approximate surface area is 344 Å². The van der Waals surface area contributed by atoms with E-state index in [9.17, 15) is 0 Å². The number of fused-ring (bicyclic) bond motifs is 11. The lowest BCUT2D eigenvalue weighted by Crippen LogP contribution is -1.96. The van der Waals surface area contributed by atoms with E-state index in [0.717, 1.165) is 50.4 Å². The van der Waals surface area contributed by atoms with Gasteiger partial charge in [0, 0.05) is 47.8 Å². The molecule has 12 rings (SSSR count). The van der Waals surface area contributed by atoms with Gasteiger partial charge in [-0.2, -0.15) is 0 Å². The predicted molar refractivity (Wildman–Crippen MR) is 250 cm³/mol. The number of nitrogens with zero attached hydrogens (tertiary/aromatic N) is 3. The fraction of sp³-hybridized carbons (Fsp3) is 0. The van der Waals surface area contributed by atoms with Crippen LogP contribution in [-0.4, -0.2) is 15.0 Å². The largest absolute Gasteiger partial charge is 0.247 e. The number of aromatic nitrogens is 3. The molecule has 0 aliphatic heterocycles. The lowest BCUT2D eigenvalue weighted by atomic mass is 9.92. The second-order valence-corrected chi connectivity index (χ2v) is 16.2. The molecule has 0 saturated carbocycles. The van der Waals surface area contributed by atoms with Gasteiger partial charge in [0.05, 0.1) is 22.6 Å². The zero-order chi connectivity index (χ0) is 38.9. The van der Waals surface area contributed by atoms with E-state index in [1.54, 1.807) is 0 Å². The molecule has 0 radical (unpaired) electrons. The molecule has 3 heterocycles. The van der Waals surface area contributed by atoms with Gasteiger partial charge in [-0.3, -0.25) is 0 Å². The minimum absolute atomic E-state index is 0.690. The Morgan fingerprint density at radius 3 is 1.41 bits per heavy atom. The first-order valence-electron chi connectivity index (χ1n) is 19.9. The Bertz CT molecular complexity index is 3500. The van der Waals surface area contributed by atoms with Gasteiger partial charge in [0.2, 0.25) is 0 Å². The fourth-order valence-corrected chi connectivity index (χ4v) is 10.0. The molecule has 9 aromatic carbocycles. The first-order valence-corrected chi connectivity index (χ1v) is 20.7. The van der Waals surface area contributed by atoms with Crippen molar-refractivity contribution >= 4 is 74.7 Å². The molecule has 0 N–H and O–H groups in total. The quantitative estimate of drug-likeness (QED) is 0.164. The molecule has 3 nitrogen and oxygen atoms in total. The van der Waals surface area contributed by atoms with Crippen molar-refractivity contribution in [3.8, 4) is 56.3 Å². The van der Waals surface area contributed by atoms with Crippen LogP contribution in [0.25, 0.3) is 120 Å². The van der Waals surface area contributed by atoms with Crippen LogP contribution in [0.4, 0.5) is 0 Å². The average molecular weight is 768 g/mol. The molecule has 3 aromatic heterocycles. The molecule has 0 unspecified atom stereocenters. The van der Waals surface area contributed by atoms with E-state index in [0.29, 0.717) is 5.82 Å². The molecule has 0 spiro atoms. The van der Waals surface area contributed by atoms with Gasteiger partial charge in [-0.05, 0) is 67.7 Å². The third kappa shape index (κ3) is 5.60. The summed E-state index contributed by atoms with van der Waals surface area (Å²) in [4.78, 5) is 15.7. The number of pyridine rings is 1. The summed E-state index contributed by atoms with van der Waals surface area (Å²) in [5.41, 5.74) is 10.2. The maximum atomic E-state index is 5.52. The third-order valence-corrected chi connectivity index (χ3v) is 12.9. The van der Waals surface area contributed by atoms with Crippen LogP contribution in [0.1, 0.15) is 0 Å². The zero-order valence-corrected chi connectivity index (χ0v) is 32.6. The van der Waals surface area contributed by atoms with Crippen LogP contribution in [0, 0.1) is 0 Å². The Kier molecular flexibility index (Phi) is 7.72. The van der Waals surface area contributed by atoms with E-state index in [4.69, 9.17) is 15.0 Å². The summed E-state index contributed by atoms with van der Waals surface area (Å²) in [5, 5.41) is 11.2. The maximum Gasteiger partial charge on any atom is 0.160 e. The van der Waals surface area contributed by atoms with Crippen molar-refractivity contribution in [2.24, 2.45) is 0 Å². The van der Waals surface area contributed by atoms with Crippen molar-refractivity contribution in [3.63, 3.8) is 0 Å². The van der Waals surface area contributed by atoms with E-state index < -0.39 is 0 Å². The Morgan fingerprint density at radius 2 is 0.780 bits per heavy atom. The predicted octanol–water partition coefficient (Wildman–Crippen LogP) is 15.2. The second kappa shape index (κ2) is 13.6. The van der Waals surface area contributed by atoms with Crippen molar-refractivity contribution in [2.75, 3.05) is 0 Å². The molecule has 0 saturated heterocycles. The van der Waals surface area contributed by atoms with Crippen LogP contribution >= 0.6 is 11.3 Å². The summed E-state index contributed by atoms with van der Waals surface area (Å²) >= 11 is 1.85. The SMILES string of the molecule is c1ccc(-c2cc(-c3ccccc3)nc(-c3ccc(-c4nc5cc(-c6ccc7c8ccccc8c8ccccc8c7c6)ccc5c5sc6ccccc6c45)cc3)n2)cc1. The molecule has 12 aromatic rings. The van der Waals surface area contributed by atoms with Crippen LogP contribution < -0.4 is 0 Å². The summed E-state index contributed by atoms with van der Waals surface area (Å²) in [5.74, 6) is 0.690. The molecule has 0 amide bonds. The van der Waals surface area contributed by atoms with Gasteiger partial charge in [0.1, 0.15) is 0 Å². The van der Waals surface area contributed by atoms with Gasteiger partial charge in [0.25, 0.3) is 0 Å². The highest BCUT2D eigenvalue weighted by molar-refractivity contribution is 7.26. The standard InChI is InChI=1S/C55H33N3S/c1-3-13-34(14-4-1)48-33-49(35-15-5-2-6-16-35)58-55(57-48)37-25-23-36(24-26-37)53-52-46-21-11-12-22-51(46)59-54(52)45-30-28-39(32-50(45)56-53)38-27-29-44-42-19-8-7-17-40(42)41-18-9-10-20-43(41)47(44)31-38/h1-33H. The highest BCUT2D eigenvalue weighted by atomic mass is 32.1. The Balaban J connectivity index is 1.01. The Hall–Kier alpha value is -7.53. The minimum atomic E-state index is 0.690. The van der Waals surface area contributed by atoms with Crippen LogP contribution in [0.2, 0.25) is 0 Å². The molecular formula is C55H33N3S. The summed E-state index contributed by atoms with van der Waals surface area (Å²) in [6, 6.07) is 71.3. The van der Waals surface area contributed by atoms with Crippen molar-refractivity contribution in [1.29, 1.82) is 0 Å². The number of thiophene rings is 1. The van der Waals surface area contributed by atoms with Crippen LogP contribution in [0.3, 0.4) is 0 Å². The molecule has 0 fully saturated rings. The van der Waals surface area contributed by atoms with Gasteiger partial charge < -0.3 is 0 Å². The highest BCUT2D eigenvalue weighted by Crippen LogP contribution is 2.44. The third-order valence-electron chi connectivity index (χ3n) is 11.7. The smallest absolute Gasteiger partial charge is 0.160 e. The molecule has 4 heteroatoms. The Morgan fingerprint density at radius 1 is 0.305 bits per heavy atom. The van der Waals surface area contributed by atoms with E-state index in [1.165, 1.54) is 63.4 Å². The van der Waals surface area contributed by atoms with Gasteiger partial charge >= 0.3 is 0 Å². The van der Waals surface area contributed by atoms with E-state index in [1.807, 2.05) is 47.7 Å². The molecule has 0 bridgehead atoms. The van der Waals surface area contributed by atoms with Crippen LogP contribution in [-0.2, 0) is 0 Å². The molecule has 59 heavy (non-hydrogen) atoms. The summed E-state index contributed by atoms with van der Waals surface area (Å²) < 4.78 is 2.51. The van der Waals surface area contributed by atoms with E-state index >= 15 is 0 Å². The second-order valence-electron chi connectivity index (χ2n) is 15.1. The van der Waals surface area contributed by atoms with Gasteiger partial charge in [-0.1, -0.05) is 176 Å². The molecule has 274 valence electrons. The molecule has 0 aliphatic rings. The van der Waals surface area contributed by atoms with Gasteiger partial charge in [0.15, 0.2) is 5.82 Å². The maximum absolute atomic E-state index is 5.52. The fourth-order valence-electron chi connectivity index (χ4n) is 8.81. The first-order chi connectivity index (χ1) is 29.2. The highest BCUT2D eigenvalue weighted by Gasteiger charge is 2.18. The lowest BCUT2D eigenvalue weighted by Gasteiger charge is -2.13. The average Bonchev–Trinajstić information content (AvgIpc) is 3.72. The normalized spacial score (nSPS) is 11.7. The summed E-state index contributed by atoms with van der Waals surface area (Å²) in [6.45, 7) is 0. The molecule has 0 aliphatic carbocycles. The number of benzene rings is 9. The van der Waals surface area contributed by atoms with Crippen molar-refractivity contribution in [3.05, 3.63) is 200 Å². The van der Waals surface area contributed by atoms with Crippen molar-refractivity contribution in [1.82, 2.24) is 15.0 Å². The lowest BCUT2D eigenvalue weighted by molar-refractivity contribution is 1.18. The number of hydrogen-bond donors (Lipinski definition) is 0.